The quantitative estimate of drug-likeness (QED) is 0.744. The van der Waals surface area contributed by atoms with Crippen LogP contribution in [-0.4, -0.2) is 24.0 Å². The number of carbonyl (C=O) groups excluding carboxylic acids is 1. The highest BCUT2D eigenvalue weighted by Gasteiger charge is 2.19. The molecule has 80 valence electrons. The highest BCUT2D eigenvalue weighted by Crippen LogP contribution is 2.25. The van der Waals surface area contributed by atoms with Crippen molar-refractivity contribution in [2.24, 2.45) is 5.73 Å². The molecule has 1 amide bonds. The number of nitrogens with zero attached hydrogens (tertiary/aromatic N) is 1. The van der Waals surface area contributed by atoms with Gasteiger partial charge in [-0.1, -0.05) is 0 Å². The number of hydrogen-bond donors (Lipinski definition) is 2. The lowest BCUT2D eigenvalue weighted by Gasteiger charge is -2.24. The van der Waals surface area contributed by atoms with E-state index in [9.17, 15) is 4.79 Å². The van der Waals surface area contributed by atoms with Crippen molar-refractivity contribution in [1.82, 2.24) is 10.3 Å². The van der Waals surface area contributed by atoms with Crippen LogP contribution in [-0.2, 0) is 0 Å². The molecule has 0 radical (unpaired) electrons. The van der Waals surface area contributed by atoms with Crippen LogP contribution >= 0.6 is 0 Å². The standard InChI is InChI=1S/C11H15N3O/c12-11(15)10-7-14-5-3-9(10)8-2-1-4-13-6-8/h3,5,7-8,13H,1-2,4,6H2,(H2,12,15). The van der Waals surface area contributed by atoms with Crippen LogP contribution in [0.4, 0.5) is 0 Å². The zero-order valence-electron chi connectivity index (χ0n) is 8.57. The van der Waals surface area contributed by atoms with Crippen LogP contribution in [0.1, 0.15) is 34.7 Å². The van der Waals surface area contributed by atoms with Crippen LogP contribution in [0.25, 0.3) is 0 Å². The summed E-state index contributed by atoms with van der Waals surface area (Å²) in [4.78, 5) is 15.2. The van der Waals surface area contributed by atoms with Gasteiger partial charge in [-0.05, 0) is 36.9 Å². The van der Waals surface area contributed by atoms with Crippen molar-refractivity contribution >= 4 is 5.91 Å². The van der Waals surface area contributed by atoms with E-state index in [1.54, 1.807) is 12.4 Å². The highest BCUT2D eigenvalue weighted by atomic mass is 16.1. The van der Waals surface area contributed by atoms with E-state index in [0.29, 0.717) is 11.5 Å². The SMILES string of the molecule is NC(=O)c1cnccc1C1CCCNC1. The summed E-state index contributed by atoms with van der Waals surface area (Å²) in [7, 11) is 0. The number of carbonyl (C=O) groups is 1. The number of primary amides is 1. The zero-order valence-corrected chi connectivity index (χ0v) is 8.57. The van der Waals surface area contributed by atoms with Gasteiger partial charge in [-0.2, -0.15) is 0 Å². The molecule has 1 aliphatic heterocycles. The van der Waals surface area contributed by atoms with Gasteiger partial charge >= 0.3 is 0 Å². The molecule has 1 unspecified atom stereocenters. The monoisotopic (exact) mass is 205 g/mol. The van der Waals surface area contributed by atoms with Crippen LogP contribution in [0.3, 0.4) is 0 Å². The van der Waals surface area contributed by atoms with E-state index in [1.165, 1.54) is 0 Å². The Morgan fingerprint density at radius 1 is 1.60 bits per heavy atom. The first-order valence-corrected chi connectivity index (χ1v) is 5.23. The Kier molecular flexibility index (Phi) is 2.97. The molecule has 1 aromatic heterocycles. The number of pyridine rings is 1. The zero-order chi connectivity index (χ0) is 10.7. The summed E-state index contributed by atoms with van der Waals surface area (Å²) in [6, 6.07) is 1.90. The molecule has 1 aliphatic rings. The van der Waals surface area contributed by atoms with Gasteiger partial charge < -0.3 is 11.1 Å². The van der Waals surface area contributed by atoms with Gasteiger partial charge in [-0.15, -0.1) is 0 Å². The molecule has 0 aromatic carbocycles. The second kappa shape index (κ2) is 4.40. The van der Waals surface area contributed by atoms with Crippen molar-refractivity contribution in [2.75, 3.05) is 13.1 Å². The Hall–Kier alpha value is -1.42. The topological polar surface area (TPSA) is 68.0 Å². The Bertz CT molecular complexity index is 359. The number of aromatic nitrogens is 1. The van der Waals surface area contributed by atoms with Crippen molar-refractivity contribution < 1.29 is 4.79 Å². The minimum atomic E-state index is -0.385. The molecule has 15 heavy (non-hydrogen) atoms. The van der Waals surface area contributed by atoms with E-state index in [2.05, 4.69) is 10.3 Å². The Morgan fingerprint density at radius 2 is 2.47 bits per heavy atom. The predicted octanol–water partition coefficient (Wildman–Crippen LogP) is 0.647. The Balaban J connectivity index is 2.29. The molecule has 4 heteroatoms. The van der Waals surface area contributed by atoms with E-state index in [0.717, 1.165) is 31.5 Å². The van der Waals surface area contributed by atoms with E-state index in [1.807, 2.05) is 6.07 Å². The Morgan fingerprint density at radius 3 is 3.13 bits per heavy atom. The number of nitrogens with one attached hydrogen (secondary N) is 1. The fraction of sp³-hybridized carbons (Fsp3) is 0.455. The molecule has 4 nitrogen and oxygen atoms in total. The van der Waals surface area contributed by atoms with Gasteiger partial charge in [-0.25, -0.2) is 0 Å². The molecular weight excluding hydrogens is 190 g/mol. The normalized spacial score (nSPS) is 21.2. The number of rotatable bonds is 2. The number of amides is 1. The van der Waals surface area contributed by atoms with Crippen molar-refractivity contribution in [3.05, 3.63) is 29.6 Å². The lowest BCUT2D eigenvalue weighted by atomic mass is 9.89. The summed E-state index contributed by atoms with van der Waals surface area (Å²) < 4.78 is 0. The van der Waals surface area contributed by atoms with E-state index < -0.39 is 0 Å². The summed E-state index contributed by atoms with van der Waals surface area (Å²) >= 11 is 0. The molecule has 0 saturated carbocycles. The minimum Gasteiger partial charge on any atom is -0.366 e. The van der Waals surface area contributed by atoms with Crippen molar-refractivity contribution in [3.63, 3.8) is 0 Å². The molecule has 1 aromatic rings. The average molecular weight is 205 g/mol. The molecule has 3 N–H and O–H groups in total. The number of piperidine rings is 1. The summed E-state index contributed by atoms with van der Waals surface area (Å²) in [6.45, 7) is 1.98. The molecule has 0 aliphatic carbocycles. The molecule has 1 fully saturated rings. The largest absolute Gasteiger partial charge is 0.366 e. The summed E-state index contributed by atoms with van der Waals surface area (Å²) in [5.41, 5.74) is 6.92. The lowest BCUT2D eigenvalue weighted by Crippen LogP contribution is -2.30. The summed E-state index contributed by atoms with van der Waals surface area (Å²) in [6.07, 6.45) is 5.53. The molecule has 2 heterocycles. The van der Waals surface area contributed by atoms with Crippen LogP contribution in [0, 0.1) is 0 Å². The summed E-state index contributed by atoms with van der Waals surface area (Å²) in [5.74, 6) is 0.00734. The van der Waals surface area contributed by atoms with E-state index >= 15 is 0 Å². The fourth-order valence-electron chi connectivity index (χ4n) is 2.08. The van der Waals surface area contributed by atoms with E-state index in [4.69, 9.17) is 5.73 Å². The van der Waals surface area contributed by atoms with Crippen molar-refractivity contribution in [3.8, 4) is 0 Å². The fourth-order valence-corrected chi connectivity index (χ4v) is 2.08. The van der Waals surface area contributed by atoms with Crippen molar-refractivity contribution in [1.29, 1.82) is 0 Å². The van der Waals surface area contributed by atoms with Crippen LogP contribution in [0.15, 0.2) is 18.5 Å². The third-order valence-corrected chi connectivity index (χ3v) is 2.86. The van der Waals surface area contributed by atoms with Crippen LogP contribution < -0.4 is 11.1 Å². The van der Waals surface area contributed by atoms with E-state index in [-0.39, 0.29) is 5.91 Å². The molecule has 2 rings (SSSR count). The first-order valence-electron chi connectivity index (χ1n) is 5.23. The second-order valence-corrected chi connectivity index (χ2v) is 3.87. The third kappa shape index (κ3) is 2.15. The maximum absolute atomic E-state index is 11.2. The molecular formula is C11H15N3O. The van der Waals surface area contributed by atoms with Gasteiger partial charge in [0.05, 0.1) is 5.56 Å². The van der Waals surface area contributed by atoms with Crippen molar-refractivity contribution in [2.45, 2.75) is 18.8 Å². The molecule has 0 bridgehead atoms. The summed E-state index contributed by atoms with van der Waals surface area (Å²) in [5, 5.41) is 3.33. The third-order valence-electron chi connectivity index (χ3n) is 2.86. The first-order chi connectivity index (χ1) is 7.29. The molecule has 1 atom stereocenters. The Labute approximate surface area is 88.9 Å². The first kappa shape index (κ1) is 10.1. The maximum atomic E-state index is 11.2. The number of nitrogens with two attached hydrogens (primary N) is 1. The predicted molar refractivity (Wildman–Crippen MR) is 57.6 cm³/mol. The second-order valence-electron chi connectivity index (χ2n) is 3.87. The maximum Gasteiger partial charge on any atom is 0.250 e. The molecule has 1 saturated heterocycles. The van der Waals surface area contributed by atoms with Gasteiger partial charge in [0.1, 0.15) is 0 Å². The van der Waals surface area contributed by atoms with Crippen LogP contribution in [0.2, 0.25) is 0 Å². The average Bonchev–Trinajstić information content (AvgIpc) is 2.30. The number of hydrogen-bond acceptors (Lipinski definition) is 3. The minimum absolute atomic E-state index is 0.385. The van der Waals surface area contributed by atoms with Gasteiger partial charge in [0.15, 0.2) is 0 Å². The van der Waals surface area contributed by atoms with Gasteiger partial charge in [0, 0.05) is 18.9 Å². The lowest BCUT2D eigenvalue weighted by molar-refractivity contribution is 0.0998. The molecule has 0 spiro atoms. The van der Waals surface area contributed by atoms with Crippen LogP contribution in [0.5, 0.6) is 0 Å². The van der Waals surface area contributed by atoms with Gasteiger partial charge in [0.2, 0.25) is 0 Å². The van der Waals surface area contributed by atoms with Gasteiger partial charge in [0.25, 0.3) is 5.91 Å². The van der Waals surface area contributed by atoms with Gasteiger partial charge in [-0.3, -0.25) is 9.78 Å². The highest BCUT2D eigenvalue weighted by molar-refractivity contribution is 5.94. The smallest absolute Gasteiger partial charge is 0.250 e.